The number of nitrogens with zero attached hydrogens (tertiary/aromatic N) is 1. The lowest BCUT2D eigenvalue weighted by molar-refractivity contribution is 0.328. The number of sulfonamides is 1. The molecule has 1 saturated heterocycles. The molecule has 0 saturated carbocycles. The lowest BCUT2D eigenvalue weighted by atomic mass is 9.97. The minimum Gasteiger partial charge on any atom is -0.316 e. The van der Waals surface area contributed by atoms with E-state index in [2.05, 4.69) is 10.0 Å². The molecular formula is C13H16FN3O2S. The van der Waals surface area contributed by atoms with E-state index in [1.165, 1.54) is 6.07 Å². The van der Waals surface area contributed by atoms with E-state index in [9.17, 15) is 12.8 Å². The van der Waals surface area contributed by atoms with E-state index >= 15 is 0 Å². The summed E-state index contributed by atoms with van der Waals surface area (Å²) in [5.41, 5.74) is -0.272. The molecule has 0 aromatic heterocycles. The molecule has 7 heteroatoms. The third-order valence-electron chi connectivity index (χ3n) is 3.46. The summed E-state index contributed by atoms with van der Waals surface area (Å²) in [6, 6.07) is 4.72. The zero-order valence-electron chi connectivity index (χ0n) is 11.1. The van der Waals surface area contributed by atoms with Crippen molar-refractivity contribution < 1.29 is 12.8 Å². The van der Waals surface area contributed by atoms with Crippen LogP contribution in [0.4, 0.5) is 4.39 Å². The number of benzene rings is 1. The first-order chi connectivity index (χ1) is 9.44. The lowest BCUT2D eigenvalue weighted by Gasteiger charge is -2.29. The molecule has 0 aliphatic carbocycles. The Balaban J connectivity index is 2.24. The number of nitrogens with one attached hydrogen (secondary N) is 2. The quantitative estimate of drug-likeness (QED) is 0.871. The number of halogens is 1. The van der Waals surface area contributed by atoms with Gasteiger partial charge in [-0.05, 0) is 43.6 Å². The van der Waals surface area contributed by atoms with Crippen molar-refractivity contribution in [2.24, 2.45) is 5.92 Å². The molecule has 1 fully saturated rings. The fraction of sp³-hybridized carbons (Fsp3) is 0.462. The van der Waals surface area contributed by atoms with Crippen molar-refractivity contribution in [3.05, 3.63) is 29.6 Å². The smallest absolute Gasteiger partial charge is 0.240 e. The van der Waals surface area contributed by atoms with Gasteiger partial charge in [-0.3, -0.25) is 0 Å². The Morgan fingerprint density at radius 2 is 2.25 bits per heavy atom. The fourth-order valence-electron chi connectivity index (χ4n) is 2.21. The maximum Gasteiger partial charge on any atom is 0.240 e. The number of hydrogen-bond donors (Lipinski definition) is 2. The molecule has 0 radical (unpaired) electrons. The van der Waals surface area contributed by atoms with E-state index < -0.39 is 15.8 Å². The summed E-state index contributed by atoms with van der Waals surface area (Å²) in [6.07, 6.45) is 0.701. The molecule has 1 aromatic carbocycles. The molecule has 1 heterocycles. The summed E-state index contributed by atoms with van der Waals surface area (Å²) in [5, 5.41) is 11.9. The summed E-state index contributed by atoms with van der Waals surface area (Å²) >= 11 is 0. The van der Waals surface area contributed by atoms with Crippen molar-refractivity contribution in [3.63, 3.8) is 0 Å². The summed E-state index contributed by atoms with van der Waals surface area (Å²) in [6.45, 7) is 3.47. The molecule has 2 rings (SSSR count). The Bertz CT molecular complexity index is 640. The van der Waals surface area contributed by atoms with Crippen molar-refractivity contribution in [1.82, 2.24) is 10.0 Å². The summed E-state index contributed by atoms with van der Waals surface area (Å²) in [5.74, 6) is -0.545. The van der Waals surface area contributed by atoms with Crippen molar-refractivity contribution >= 4 is 10.0 Å². The predicted molar refractivity (Wildman–Crippen MR) is 71.9 cm³/mol. The first-order valence-electron chi connectivity index (χ1n) is 6.37. The summed E-state index contributed by atoms with van der Waals surface area (Å²) in [4.78, 5) is -0.0822. The van der Waals surface area contributed by atoms with Crippen molar-refractivity contribution in [2.45, 2.75) is 24.3 Å². The van der Waals surface area contributed by atoms with E-state index in [0.717, 1.165) is 25.2 Å². The highest BCUT2D eigenvalue weighted by Gasteiger charge is 2.27. The van der Waals surface area contributed by atoms with E-state index in [1.807, 2.05) is 6.92 Å². The SMILES string of the molecule is CC1CNCCC1NS(=O)(=O)c1ccc(F)c(C#N)c1. The minimum absolute atomic E-state index is 0.0822. The fourth-order valence-corrected chi connectivity index (χ4v) is 3.62. The van der Waals surface area contributed by atoms with Crippen molar-refractivity contribution in [1.29, 1.82) is 5.26 Å². The topological polar surface area (TPSA) is 82.0 Å². The van der Waals surface area contributed by atoms with Gasteiger partial charge in [0.1, 0.15) is 11.9 Å². The molecule has 1 aliphatic rings. The summed E-state index contributed by atoms with van der Waals surface area (Å²) in [7, 11) is -3.74. The van der Waals surface area contributed by atoms with Crippen LogP contribution < -0.4 is 10.0 Å². The zero-order chi connectivity index (χ0) is 14.8. The van der Waals surface area contributed by atoms with Crippen LogP contribution in [0.3, 0.4) is 0 Å². The van der Waals surface area contributed by atoms with Gasteiger partial charge in [0.2, 0.25) is 10.0 Å². The zero-order valence-corrected chi connectivity index (χ0v) is 11.9. The standard InChI is InChI=1S/C13H16FN3O2S/c1-9-8-16-5-4-13(9)17-20(18,19)11-2-3-12(14)10(6-11)7-15/h2-3,6,9,13,16-17H,4-5,8H2,1H3. The maximum atomic E-state index is 13.2. The third kappa shape index (κ3) is 3.15. The highest BCUT2D eigenvalue weighted by molar-refractivity contribution is 7.89. The van der Waals surface area contributed by atoms with Gasteiger partial charge in [0.05, 0.1) is 10.5 Å². The largest absolute Gasteiger partial charge is 0.316 e. The Labute approximate surface area is 117 Å². The summed E-state index contributed by atoms with van der Waals surface area (Å²) < 4.78 is 40.4. The molecule has 108 valence electrons. The van der Waals surface area contributed by atoms with Crippen LogP contribution in [-0.4, -0.2) is 27.5 Å². The molecule has 0 amide bonds. The first kappa shape index (κ1) is 14.9. The van der Waals surface area contributed by atoms with Crippen LogP contribution >= 0.6 is 0 Å². The van der Waals surface area contributed by atoms with Crippen LogP contribution in [-0.2, 0) is 10.0 Å². The van der Waals surface area contributed by atoms with Crippen LogP contribution in [0.15, 0.2) is 23.1 Å². The molecule has 2 N–H and O–H groups in total. The third-order valence-corrected chi connectivity index (χ3v) is 4.95. The number of piperidine rings is 1. The monoisotopic (exact) mass is 297 g/mol. The molecule has 1 aliphatic heterocycles. The maximum absolute atomic E-state index is 13.2. The van der Waals surface area contributed by atoms with Gasteiger partial charge in [0, 0.05) is 6.04 Å². The van der Waals surface area contributed by atoms with E-state index in [4.69, 9.17) is 5.26 Å². The van der Waals surface area contributed by atoms with Gasteiger partial charge in [-0.1, -0.05) is 6.92 Å². The minimum atomic E-state index is -3.74. The Morgan fingerprint density at radius 1 is 1.50 bits per heavy atom. The predicted octanol–water partition coefficient (Wildman–Crippen LogP) is 0.974. The number of nitriles is 1. The average Bonchev–Trinajstić information content (AvgIpc) is 2.41. The van der Waals surface area contributed by atoms with Crippen LogP contribution in [0, 0.1) is 23.1 Å². The van der Waals surface area contributed by atoms with Crippen LogP contribution in [0.1, 0.15) is 18.9 Å². The van der Waals surface area contributed by atoms with Gasteiger partial charge in [-0.15, -0.1) is 0 Å². The highest BCUT2D eigenvalue weighted by atomic mass is 32.2. The van der Waals surface area contributed by atoms with E-state index in [1.54, 1.807) is 6.07 Å². The van der Waals surface area contributed by atoms with Gasteiger partial charge < -0.3 is 5.32 Å². The lowest BCUT2D eigenvalue weighted by Crippen LogP contribution is -2.48. The molecule has 0 bridgehead atoms. The molecule has 0 spiro atoms. The van der Waals surface area contributed by atoms with Crippen LogP contribution in [0.2, 0.25) is 0 Å². The molecule has 2 atom stereocenters. The Morgan fingerprint density at radius 3 is 2.90 bits per heavy atom. The van der Waals surface area contributed by atoms with Crippen LogP contribution in [0.25, 0.3) is 0 Å². The molecule has 20 heavy (non-hydrogen) atoms. The van der Waals surface area contributed by atoms with Gasteiger partial charge in [0.25, 0.3) is 0 Å². The molecule has 5 nitrogen and oxygen atoms in total. The van der Waals surface area contributed by atoms with Crippen molar-refractivity contribution in [2.75, 3.05) is 13.1 Å². The molecule has 2 unspecified atom stereocenters. The van der Waals surface area contributed by atoms with Crippen LogP contribution in [0.5, 0.6) is 0 Å². The second-order valence-corrected chi connectivity index (χ2v) is 6.67. The van der Waals surface area contributed by atoms with E-state index in [0.29, 0.717) is 6.42 Å². The van der Waals surface area contributed by atoms with E-state index in [-0.39, 0.29) is 22.4 Å². The van der Waals surface area contributed by atoms with Gasteiger partial charge in [-0.2, -0.15) is 5.26 Å². The van der Waals surface area contributed by atoms with Gasteiger partial charge >= 0.3 is 0 Å². The average molecular weight is 297 g/mol. The second kappa shape index (κ2) is 5.87. The first-order valence-corrected chi connectivity index (χ1v) is 7.85. The van der Waals surface area contributed by atoms with Crippen molar-refractivity contribution in [3.8, 4) is 6.07 Å². The van der Waals surface area contributed by atoms with Gasteiger partial charge in [0.15, 0.2) is 0 Å². The Hall–Kier alpha value is -1.49. The number of rotatable bonds is 3. The molecule has 1 aromatic rings. The molecular weight excluding hydrogens is 281 g/mol. The van der Waals surface area contributed by atoms with Gasteiger partial charge in [-0.25, -0.2) is 17.5 Å². The highest BCUT2D eigenvalue weighted by Crippen LogP contribution is 2.18. The normalized spacial score (nSPS) is 23.2. The second-order valence-electron chi connectivity index (χ2n) is 4.95. The number of hydrogen-bond acceptors (Lipinski definition) is 4. The Kier molecular flexibility index (Phi) is 4.38.